The van der Waals surface area contributed by atoms with Crippen LogP contribution in [0.2, 0.25) is 5.02 Å². The first-order valence-electron chi connectivity index (χ1n) is 7.54. The first kappa shape index (κ1) is 16.3. The Morgan fingerprint density at radius 2 is 2.04 bits per heavy atom. The summed E-state index contributed by atoms with van der Waals surface area (Å²) in [4.78, 5) is 12.3. The van der Waals surface area contributed by atoms with Crippen molar-refractivity contribution >= 4 is 23.2 Å². The smallest absolute Gasteiger partial charge is 0.229 e. The van der Waals surface area contributed by atoms with Crippen LogP contribution < -0.4 is 5.32 Å². The fourth-order valence-electron chi connectivity index (χ4n) is 2.60. The number of nitrogens with one attached hydrogen (secondary N) is 1. The molecule has 0 unspecified atom stereocenters. The molecule has 0 aliphatic heterocycles. The molecule has 124 valence electrons. The van der Waals surface area contributed by atoms with Gasteiger partial charge in [-0.05, 0) is 26.0 Å². The van der Waals surface area contributed by atoms with E-state index in [1.165, 1.54) is 0 Å². The molecule has 0 saturated heterocycles. The van der Waals surface area contributed by atoms with Gasteiger partial charge in [-0.3, -0.25) is 9.48 Å². The van der Waals surface area contributed by atoms with Crippen molar-refractivity contribution in [2.45, 2.75) is 20.3 Å². The Morgan fingerprint density at radius 3 is 2.71 bits per heavy atom. The van der Waals surface area contributed by atoms with Crippen molar-refractivity contribution in [1.29, 1.82) is 0 Å². The van der Waals surface area contributed by atoms with Crippen molar-refractivity contribution in [2.75, 3.05) is 5.32 Å². The van der Waals surface area contributed by atoms with Crippen LogP contribution in [0.1, 0.15) is 17.0 Å². The normalized spacial score (nSPS) is 10.8. The maximum atomic E-state index is 12.3. The number of nitrogens with zero attached hydrogens (tertiary/aromatic N) is 4. The number of amides is 1. The molecule has 1 amide bonds. The Balaban J connectivity index is 1.73. The molecule has 0 bridgehead atoms. The van der Waals surface area contributed by atoms with Gasteiger partial charge in [-0.15, -0.1) is 0 Å². The maximum Gasteiger partial charge on any atom is 0.229 e. The highest BCUT2D eigenvalue weighted by molar-refractivity contribution is 6.32. The number of benzene rings is 1. The van der Waals surface area contributed by atoms with Crippen LogP contribution in [0.3, 0.4) is 0 Å². The van der Waals surface area contributed by atoms with E-state index >= 15 is 0 Å². The topological polar surface area (TPSA) is 64.7 Å². The van der Waals surface area contributed by atoms with E-state index in [-0.39, 0.29) is 12.3 Å². The summed E-state index contributed by atoms with van der Waals surface area (Å²) in [7, 11) is 1.87. The van der Waals surface area contributed by atoms with Gasteiger partial charge in [0.05, 0.1) is 40.9 Å². The van der Waals surface area contributed by atoms with Crippen molar-refractivity contribution in [3.8, 4) is 5.69 Å². The summed E-state index contributed by atoms with van der Waals surface area (Å²) < 4.78 is 3.42. The SMILES string of the molecule is Cc1nn(C)c(C)c1CC(=O)Nc1cnn(-c2ccccc2Cl)c1. The molecule has 3 rings (SSSR count). The van der Waals surface area contributed by atoms with E-state index < -0.39 is 0 Å². The highest BCUT2D eigenvalue weighted by Crippen LogP contribution is 2.20. The number of rotatable bonds is 4. The molecule has 0 fully saturated rings. The zero-order chi connectivity index (χ0) is 17.3. The third-order valence-corrected chi connectivity index (χ3v) is 4.28. The molecule has 0 spiro atoms. The Hall–Kier alpha value is -2.60. The van der Waals surface area contributed by atoms with E-state index in [1.807, 2.05) is 39.1 Å². The second-order valence-corrected chi connectivity index (χ2v) is 6.03. The molecule has 7 heteroatoms. The Labute approximate surface area is 145 Å². The second kappa shape index (κ2) is 6.49. The van der Waals surface area contributed by atoms with Crippen molar-refractivity contribution in [3.63, 3.8) is 0 Å². The highest BCUT2D eigenvalue weighted by atomic mass is 35.5. The van der Waals surface area contributed by atoms with Crippen LogP contribution in [0.15, 0.2) is 36.7 Å². The van der Waals surface area contributed by atoms with Crippen molar-refractivity contribution in [2.24, 2.45) is 7.05 Å². The predicted octanol–water partition coefficient (Wildman–Crippen LogP) is 3.06. The molecule has 0 saturated carbocycles. The Morgan fingerprint density at radius 1 is 1.29 bits per heavy atom. The number of carbonyl (C=O) groups excluding carboxylic acids is 1. The highest BCUT2D eigenvalue weighted by Gasteiger charge is 2.14. The summed E-state index contributed by atoms with van der Waals surface area (Å²) >= 11 is 6.16. The van der Waals surface area contributed by atoms with Crippen molar-refractivity contribution < 1.29 is 4.79 Å². The number of hydrogen-bond donors (Lipinski definition) is 1. The largest absolute Gasteiger partial charge is 0.323 e. The van der Waals surface area contributed by atoms with Gasteiger partial charge in [0.25, 0.3) is 0 Å². The fourth-order valence-corrected chi connectivity index (χ4v) is 2.82. The molecule has 6 nitrogen and oxygen atoms in total. The van der Waals surface area contributed by atoms with Crippen molar-refractivity contribution in [3.05, 3.63) is 58.6 Å². The summed E-state index contributed by atoms with van der Waals surface area (Å²) in [5, 5.41) is 12.0. The van der Waals surface area contributed by atoms with Crippen LogP contribution in [0.5, 0.6) is 0 Å². The summed E-state index contributed by atoms with van der Waals surface area (Å²) in [5.41, 5.74) is 4.21. The number of para-hydroxylation sites is 1. The first-order chi connectivity index (χ1) is 11.5. The Bertz CT molecular complexity index is 896. The maximum absolute atomic E-state index is 12.3. The molecule has 0 aliphatic rings. The number of aromatic nitrogens is 4. The monoisotopic (exact) mass is 343 g/mol. The quantitative estimate of drug-likeness (QED) is 0.791. The van der Waals surface area contributed by atoms with Gasteiger partial charge in [-0.2, -0.15) is 10.2 Å². The lowest BCUT2D eigenvalue weighted by molar-refractivity contribution is -0.115. The summed E-state index contributed by atoms with van der Waals surface area (Å²) in [6.07, 6.45) is 3.62. The van der Waals surface area contributed by atoms with Gasteiger partial charge in [0.2, 0.25) is 5.91 Å². The average molecular weight is 344 g/mol. The molecule has 2 aromatic heterocycles. The van der Waals surface area contributed by atoms with E-state index in [9.17, 15) is 4.79 Å². The number of carbonyl (C=O) groups is 1. The van der Waals surface area contributed by atoms with E-state index in [0.29, 0.717) is 10.7 Å². The van der Waals surface area contributed by atoms with Gasteiger partial charge in [0.1, 0.15) is 0 Å². The van der Waals surface area contributed by atoms with E-state index in [0.717, 1.165) is 22.6 Å². The van der Waals surface area contributed by atoms with Gasteiger partial charge in [-0.25, -0.2) is 4.68 Å². The molecule has 0 aliphatic carbocycles. The van der Waals surface area contributed by atoms with Crippen molar-refractivity contribution in [1.82, 2.24) is 19.6 Å². The second-order valence-electron chi connectivity index (χ2n) is 5.62. The lowest BCUT2D eigenvalue weighted by Crippen LogP contribution is -2.15. The van der Waals surface area contributed by atoms with E-state index in [2.05, 4.69) is 15.5 Å². The number of aryl methyl sites for hydroxylation is 2. The molecule has 1 aromatic carbocycles. The lowest BCUT2D eigenvalue weighted by atomic mass is 10.1. The molecule has 3 aromatic rings. The lowest BCUT2D eigenvalue weighted by Gasteiger charge is -2.04. The zero-order valence-corrected chi connectivity index (χ0v) is 14.5. The van der Waals surface area contributed by atoms with Crippen LogP contribution in [-0.4, -0.2) is 25.5 Å². The standard InChI is InChI=1S/C17H18ClN5O/c1-11-14(12(2)22(3)21-11)8-17(24)20-13-9-19-23(10-13)16-7-5-4-6-15(16)18/h4-7,9-10H,8H2,1-3H3,(H,20,24). The van der Waals surface area contributed by atoms with Crippen LogP contribution in [0.4, 0.5) is 5.69 Å². The van der Waals surface area contributed by atoms with Gasteiger partial charge in [-0.1, -0.05) is 23.7 Å². The molecule has 0 atom stereocenters. The third-order valence-electron chi connectivity index (χ3n) is 3.96. The Kier molecular flexibility index (Phi) is 4.40. The minimum Gasteiger partial charge on any atom is -0.323 e. The number of hydrogen-bond acceptors (Lipinski definition) is 3. The molecule has 0 radical (unpaired) electrons. The van der Waals surface area contributed by atoms with Crippen LogP contribution in [0.25, 0.3) is 5.69 Å². The number of anilines is 1. The van der Waals surface area contributed by atoms with Gasteiger partial charge < -0.3 is 5.32 Å². The van der Waals surface area contributed by atoms with Crippen LogP contribution >= 0.6 is 11.6 Å². The zero-order valence-electron chi connectivity index (χ0n) is 13.7. The summed E-state index contributed by atoms with van der Waals surface area (Å²) in [6.45, 7) is 3.86. The van der Waals surface area contributed by atoms with Gasteiger partial charge in [0.15, 0.2) is 0 Å². The minimum absolute atomic E-state index is 0.104. The molecule has 24 heavy (non-hydrogen) atoms. The molecule has 2 heterocycles. The minimum atomic E-state index is -0.104. The fraction of sp³-hybridized carbons (Fsp3) is 0.235. The summed E-state index contributed by atoms with van der Waals surface area (Å²) in [6, 6.07) is 7.40. The van der Waals surface area contributed by atoms with E-state index in [4.69, 9.17) is 11.6 Å². The van der Waals surface area contributed by atoms with E-state index in [1.54, 1.807) is 27.8 Å². The predicted molar refractivity (Wildman–Crippen MR) is 93.6 cm³/mol. The van der Waals surface area contributed by atoms with Crippen LogP contribution in [0, 0.1) is 13.8 Å². The van der Waals surface area contributed by atoms with Gasteiger partial charge in [0, 0.05) is 18.3 Å². The van der Waals surface area contributed by atoms with Gasteiger partial charge >= 0.3 is 0 Å². The summed E-state index contributed by atoms with van der Waals surface area (Å²) in [5.74, 6) is -0.104. The first-order valence-corrected chi connectivity index (χ1v) is 7.92. The molecular formula is C17H18ClN5O. The molecule has 1 N–H and O–H groups in total. The molecular weight excluding hydrogens is 326 g/mol. The van der Waals surface area contributed by atoms with Crippen LogP contribution in [-0.2, 0) is 18.3 Å². The number of halogens is 1. The average Bonchev–Trinajstić information content (AvgIpc) is 3.08. The third kappa shape index (κ3) is 3.19.